The molecule has 1 amide bonds. The Kier molecular flexibility index (Phi) is 5.71. The van der Waals surface area contributed by atoms with Crippen molar-refractivity contribution in [3.63, 3.8) is 0 Å². The van der Waals surface area contributed by atoms with E-state index in [0.717, 1.165) is 6.54 Å². The van der Waals surface area contributed by atoms with Crippen LogP contribution in [0.25, 0.3) is 0 Å². The number of nitrogens with zero attached hydrogens (tertiary/aromatic N) is 1. The summed E-state index contributed by atoms with van der Waals surface area (Å²) in [5, 5.41) is 0.560. The van der Waals surface area contributed by atoms with E-state index in [2.05, 4.69) is 0 Å². The molecule has 2 rings (SSSR count). The van der Waals surface area contributed by atoms with Gasteiger partial charge in [-0.2, -0.15) is 11.8 Å². The van der Waals surface area contributed by atoms with Crippen molar-refractivity contribution < 1.29 is 13.9 Å². The highest BCUT2D eigenvalue weighted by atomic mass is 32.2. The minimum Gasteiger partial charge on any atom is -0.484 e. The van der Waals surface area contributed by atoms with Crippen molar-refractivity contribution in [3.8, 4) is 5.75 Å². The molecule has 1 unspecified atom stereocenters. The van der Waals surface area contributed by atoms with Crippen LogP contribution in [0.15, 0.2) is 24.3 Å². The van der Waals surface area contributed by atoms with Crippen molar-refractivity contribution in [1.82, 2.24) is 4.90 Å². The molecule has 0 spiro atoms. The van der Waals surface area contributed by atoms with Crippen LogP contribution >= 0.6 is 11.8 Å². The summed E-state index contributed by atoms with van der Waals surface area (Å²) < 4.78 is 18.2. The summed E-state index contributed by atoms with van der Waals surface area (Å²) in [4.78, 5) is 14.0. The van der Waals surface area contributed by atoms with Gasteiger partial charge in [0.15, 0.2) is 6.61 Å². The minimum absolute atomic E-state index is 0.00988. The van der Waals surface area contributed by atoms with Crippen molar-refractivity contribution in [2.24, 2.45) is 0 Å². The Balaban J connectivity index is 1.80. The summed E-state index contributed by atoms with van der Waals surface area (Å²) in [6.07, 6.45) is 2.43. The first-order valence-electron chi connectivity index (χ1n) is 6.96. The lowest BCUT2D eigenvalue weighted by molar-refractivity contribution is -0.133. The first-order chi connectivity index (χ1) is 9.69. The molecular weight excluding hydrogens is 277 g/mol. The SMILES string of the molecule is CCN(CC1CCCS1)C(=O)COc1ccc(F)cc1. The Morgan fingerprint density at radius 3 is 2.80 bits per heavy atom. The Bertz CT molecular complexity index is 432. The predicted molar refractivity (Wildman–Crippen MR) is 79.6 cm³/mol. The molecular formula is C15H20FNO2S. The number of amides is 1. The van der Waals surface area contributed by atoms with E-state index in [9.17, 15) is 9.18 Å². The molecule has 3 nitrogen and oxygen atoms in total. The molecule has 110 valence electrons. The van der Waals surface area contributed by atoms with E-state index in [4.69, 9.17) is 4.74 Å². The van der Waals surface area contributed by atoms with Gasteiger partial charge in [-0.25, -0.2) is 4.39 Å². The summed E-state index contributed by atoms with van der Waals surface area (Å²) in [5.41, 5.74) is 0. The van der Waals surface area contributed by atoms with Gasteiger partial charge in [0.1, 0.15) is 11.6 Å². The van der Waals surface area contributed by atoms with Crippen LogP contribution in [0.4, 0.5) is 4.39 Å². The fraction of sp³-hybridized carbons (Fsp3) is 0.533. The number of hydrogen-bond acceptors (Lipinski definition) is 3. The lowest BCUT2D eigenvalue weighted by Crippen LogP contribution is -2.38. The van der Waals surface area contributed by atoms with Gasteiger partial charge < -0.3 is 9.64 Å². The molecule has 1 aromatic rings. The van der Waals surface area contributed by atoms with Crippen LogP contribution in [0, 0.1) is 5.82 Å². The molecule has 1 aromatic carbocycles. The summed E-state index contributed by atoms with van der Waals surface area (Å²) in [6.45, 7) is 3.49. The molecule has 0 radical (unpaired) electrons. The van der Waals surface area contributed by atoms with E-state index < -0.39 is 0 Å². The van der Waals surface area contributed by atoms with Crippen molar-refractivity contribution in [3.05, 3.63) is 30.1 Å². The quantitative estimate of drug-likeness (QED) is 0.808. The van der Waals surface area contributed by atoms with Crippen molar-refractivity contribution >= 4 is 17.7 Å². The third-order valence-corrected chi connectivity index (χ3v) is 4.74. The van der Waals surface area contributed by atoms with Crippen LogP contribution in [0.5, 0.6) is 5.75 Å². The highest BCUT2D eigenvalue weighted by Gasteiger charge is 2.21. The van der Waals surface area contributed by atoms with Gasteiger partial charge in [-0.15, -0.1) is 0 Å². The molecule has 1 heterocycles. The maximum absolute atomic E-state index is 12.8. The Morgan fingerprint density at radius 2 is 2.20 bits per heavy atom. The van der Waals surface area contributed by atoms with E-state index in [-0.39, 0.29) is 18.3 Å². The van der Waals surface area contributed by atoms with Gasteiger partial charge in [-0.1, -0.05) is 0 Å². The molecule has 1 atom stereocenters. The summed E-state index contributed by atoms with van der Waals surface area (Å²) in [7, 11) is 0. The van der Waals surface area contributed by atoms with Crippen LogP contribution in [-0.4, -0.2) is 41.5 Å². The van der Waals surface area contributed by atoms with E-state index in [1.54, 1.807) is 0 Å². The molecule has 1 fully saturated rings. The Labute approximate surface area is 123 Å². The van der Waals surface area contributed by atoms with Gasteiger partial charge in [0, 0.05) is 18.3 Å². The van der Waals surface area contributed by atoms with E-state index >= 15 is 0 Å². The van der Waals surface area contributed by atoms with Crippen LogP contribution in [0.1, 0.15) is 19.8 Å². The van der Waals surface area contributed by atoms with Crippen LogP contribution in [0.3, 0.4) is 0 Å². The van der Waals surface area contributed by atoms with Gasteiger partial charge in [-0.3, -0.25) is 4.79 Å². The molecule has 1 aliphatic heterocycles. The van der Waals surface area contributed by atoms with Crippen LogP contribution < -0.4 is 4.74 Å². The zero-order valence-corrected chi connectivity index (χ0v) is 12.5. The predicted octanol–water partition coefficient (Wildman–Crippen LogP) is 2.95. The third-order valence-electron chi connectivity index (χ3n) is 3.36. The first kappa shape index (κ1) is 15.2. The maximum atomic E-state index is 12.8. The van der Waals surface area contributed by atoms with Gasteiger partial charge in [0.05, 0.1) is 0 Å². The lowest BCUT2D eigenvalue weighted by atomic mass is 10.2. The standard InChI is InChI=1S/C15H20FNO2S/c1-2-17(10-14-4-3-9-20-14)15(18)11-19-13-7-5-12(16)6-8-13/h5-8,14H,2-4,9-11H2,1H3. The largest absolute Gasteiger partial charge is 0.484 e. The topological polar surface area (TPSA) is 29.5 Å². The third kappa shape index (κ3) is 4.40. The monoisotopic (exact) mass is 297 g/mol. The second-order valence-electron chi connectivity index (χ2n) is 4.81. The highest BCUT2D eigenvalue weighted by molar-refractivity contribution is 8.00. The van der Waals surface area contributed by atoms with Gasteiger partial charge >= 0.3 is 0 Å². The zero-order valence-electron chi connectivity index (χ0n) is 11.7. The molecule has 5 heteroatoms. The second kappa shape index (κ2) is 7.53. The zero-order chi connectivity index (χ0) is 14.4. The number of ether oxygens (including phenoxy) is 1. The molecule has 1 aliphatic rings. The average Bonchev–Trinajstić information content (AvgIpc) is 2.97. The number of likely N-dealkylation sites (N-methyl/N-ethyl adjacent to an activating group) is 1. The Morgan fingerprint density at radius 1 is 1.45 bits per heavy atom. The fourth-order valence-corrected chi connectivity index (χ4v) is 3.49. The van der Waals surface area contributed by atoms with Gasteiger partial charge in [0.2, 0.25) is 0 Å². The van der Waals surface area contributed by atoms with Gasteiger partial charge in [-0.05, 0) is 49.8 Å². The van der Waals surface area contributed by atoms with Crippen molar-refractivity contribution in [1.29, 1.82) is 0 Å². The first-order valence-corrected chi connectivity index (χ1v) is 8.01. The van der Waals surface area contributed by atoms with Crippen molar-refractivity contribution in [2.75, 3.05) is 25.4 Å². The number of halogens is 1. The fourth-order valence-electron chi connectivity index (χ4n) is 2.21. The molecule has 1 saturated heterocycles. The highest BCUT2D eigenvalue weighted by Crippen LogP contribution is 2.26. The van der Waals surface area contributed by atoms with Crippen molar-refractivity contribution in [2.45, 2.75) is 25.0 Å². The Hall–Kier alpha value is -1.23. The average molecular weight is 297 g/mol. The normalized spacial score (nSPS) is 18.0. The number of hydrogen-bond donors (Lipinski definition) is 0. The summed E-state index contributed by atoms with van der Waals surface area (Å²) in [5.74, 6) is 1.40. The number of carbonyl (C=O) groups is 1. The minimum atomic E-state index is -0.308. The van der Waals surface area contributed by atoms with Gasteiger partial charge in [0.25, 0.3) is 5.91 Å². The van der Waals surface area contributed by atoms with Crippen LogP contribution in [0.2, 0.25) is 0 Å². The number of rotatable bonds is 6. The number of carbonyl (C=O) groups excluding carboxylic acids is 1. The second-order valence-corrected chi connectivity index (χ2v) is 6.22. The molecule has 20 heavy (non-hydrogen) atoms. The summed E-state index contributed by atoms with van der Waals surface area (Å²) >= 11 is 1.94. The molecule has 0 aromatic heterocycles. The maximum Gasteiger partial charge on any atom is 0.260 e. The molecule has 0 N–H and O–H groups in total. The smallest absolute Gasteiger partial charge is 0.260 e. The van der Waals surface area contributed by atoms with Crippen LogP contribution in [-0.2, 0) is 4.79 Å². The van der Waals surface area contributed by atoms with E-state index in [1.807, 2.05) is 23.6 Å². The summed E-state index contributed by atoms with van der Waals surface area (Å²) in [6, 6.07) is 5.72. The number of benzene rings is 1. The molecule has 0 bridgehead atoms. The molecule has 0 saturated carbocycles. The number of thioether (sulfide) groups is 1. The lowest BCUT2D eigenvalue weighted by Gasteiger charge is -2.24. The molecule has 0 aliphatic carbocycles. The van der Waals surface area contributed by atoms with E-state index in [0.29, 0.717) is 17.5 Å². The van der Waals surface area contributed by atoms with E-state index in [1.165, 1.54) is 42.9 Å².